The number of fused-ring (bicyclic) bond motifs is 1. The van der Waals surface area contributed by atoms with Crippen molar-refractivity contribution in [1.29, 1.82) is 0 Å². The number of ketones is 1. The van der Waals surface area contributed by atoms with Gasteiger partial charge in [-0.3, -0.25) is 9.89 Å². The molecule has 3 heterocycles. The second kappa shape index (κ2) is 9.93. The van der Waals surface area contributed by atoms with Crippen LogP contribution >= 0.6 is 11.6 Å². The van der Waals surface area contributed by atoms with E-state index in [-0.39, 0.29) is 18.3 Å². The van der Waals surface area contributed by atoms with Gasteiger partial charge in [-0.2, -0.15) is 10.1 Å². The highest BCUT2D eigenvalue weighted by atomic mass is 35.5. The largest absolute Gasteiger partial charge is 0.493 e. The minimum Gasteiger partial charge on any atom is -0.493 e. The third-order valence-electron chi connectivity index (χ3n) is 5.92. The van der Waals surface area contributed by atoms with Crippen LogP contribution in [-0.4, -0.2) is 57.7 Å². The van der Waals surface area contributed by atoms with Gasteiger partial charge in [-0.1, -0.05) is 11.6 Å². The summed E-state index contributed by atoms with van der Waals surface area (Å²) >= 11 is 6.52. The number of Topliss-reactive ketones (excluding diaryl/α,β-unsaturated/α-hetero) is 1. The van der Waals surface area contributed by atoms with Crippen LogP contribution in [0.4, 0.5) is 11.6 Å². The number of nitrogens with one attached hydrogen (secondary N) is 2. The normalized spacial score (nSPS) is 15.5. The number of H-pyrrole nitrogens is 1. The number of rotatable bonds is 9. The third kappa shape index (κ3) is 4.94. The summed E-state index contributed by atoms with van der Waals surface area (Å²) in [4.78, 5) is 16.9. The lowest BCUT2D eigenvalue weighted by molar-refractivity contribution is -0.122. The van der Waals surface area contributed by atoms with Crippen molar-refractivity contribution in [3.63, 3.8) is 0 Å². The van der Waals surface area contributed by atoms with E-state index in [1.165, 1.54) is 0 Å². The highest BCUT2D eigenvalue weighted by Gasteiger charge is 2.20. The maximum Gasteiger partial charge on any atom is 0.225 e. The first-order chi connectivity index (χ1) is 17.0. The fourth-order valence-electron chi connectivity index (χ4n) is 4.02. The number of halogens is 1. The molecular weight excluding hydrogens is 472 g/mol. The SMILES string of the molecule is COc1cc(-c2nc(Nc3ccc4[nH]ncc4c3Cl)n(C)n2)ccc1OCC(=O)CC1CCOC1. The smallest absolute Gasteiger partial charge is 0.225 e. The van der Waals surface area contributed by atoms with Crippen LogP contribution in [0, 0.1) is 5.92 Å². The Hall–Kier alpha value is -3.63. The summed E-state index contributed by atoms with van der Waals surface area (Å²) in [6.07, 6.45) is 3.06. The summed E-state index contributed by atoms with van der Waals surface area (Å²) in [5.74, 6) is 2.32. The van der Waals surface area contributed by atoms with Gasteiger partial charge in [0, 0.05) is 37.6 Å². The zero-order valence-electron chi connectivity index (χ0n) is 19.4. The Labute approximate surface area is 206 Å². The molecular formula is C24H25ClN6O4. The van der Waals surface area contributed by atoms with Gasteiger partial charge >= 0.3 is 0 Å². The van der Waals surface area contributed by atoms with Crippen molar-refractivity contribution in [1.82, 2.24) is 25.0 Å². The van der Waals surface area contributed by atoms with Crippen LogP contribution in [0.3, 0.4) is 0 Å². The predicted octanol–water partition coefficient (Wildman–Crippen LogP) is 4.14. The molecule has 1 fully saturated rings. The number of nitrogens with zero attached hydrogens (tertiary/aromatic N) is 4. The van der Waals surface area contributed by atoms with Crippen LogP contribution < -0.4 is 14.8 Å². The lowest BCUT2D eigenvalue weighted by Crippen LogP contribution is -2.16. The molecule has 1 aliphatic rings. The number of aromatic nitrogens is 5. The zero-order chi connectivity index (χ0) is 24.4. The molecule has 0 spiro atoms. The monoisotopic (exact) mass is 496 g/mol. The van der Waals surface area contributed by atoms with E-state index in [1.807, 2.05) is 18.2 Å². The molecule has 0 bridgehead atoms. The van der Waals surface area contributed by atoms with Crippen molar-refractivity contribution in [2.75, 3.05) is 32.2 Å². The average Bonchev–Trinajstić information content (AvgIpc) is 3.62. The Kier molecular flexibility index (Phi) is 6.56. The van der Waals surface area contributed by atoms with Gasteiger partial charge in [-0.25, -0.2) is 4.68 Å². The zero-order valence-corrected chi connectivity index (χ0v) is 20.1. The third-order valence-corrected chi connectivity index (χ3v) is 6.33. The minimum atomic E-state index is -0.0100. The summed E-state index contributed by atoms with van der Waals surface area (Å²) in [7, 11) is 3.34. The molecule has 11 heteroatoms. The highest BCUT2D eigenvalue weighted by Crippen LogP contribution is 2.34. The number of carbonyl (C=O) groups is 1. The summed E-state index contributed by atoms with van der Waals surface area (Å²) in [6, 6.07) is 9.12. The molecule has 0 amide bonds. The first-order valence-electron chi connectivity index (χ1n) is 11.2. The van der Waals surface area contributed by atoms with E-state index in [2.05, 4.69) is 25.6 Å². The van der Waals surface area contributed by atoms with Gasteiger partial charge < -0.3 is 19.5 Å². The number of anilines is 2. The van der Waals surface area contributed by atoms with Crippen LogP contribution in [0.25, 0.3) is 22.3 Å². The summed E-state index contributed by atoms with van der Waals surface area (Å²) in [5, 5.41) is 16.0. The molecule has 182 valence electrons. The molecule has 0 aliphatic carbocycles. The van der Waals surface area contributed by atoms with Gasteiger partial charge in [0.05, 0.1) is 29.5 Å². The number of benzene rings is 2. The van der Waals surface area contributed by atoms with E-state index >= 15 is 0 Å². The number of carbonyl (C=O) groups excluding carboxylic acids is 1. The standard InChI is InChI=1S/C24H25ClN6O4/c1-31-24(27-19-5-4-18-17(22(19)25)11-26-29-18)28-23(30-31)15-3-6-20(21(10-15)33-2)35-13-16(32)9-14-7-8-34-12-14/h3-6,10-11,14H,7-9,12-13H2,1-2H3,(H,26,29)(H,27,28,30). The Morgan fingerprint density at radius 2 is 2.20 bits per heavy atom. The number of aryl methyl sites for hydroxylation is 1. The molecule has 1 atom stereocenters. The molecule has 35 heavy (non-hydrogen) atoms. The lowest BCUT2D eigenvalue weighted by Gasteiger charge is -2.12. The first-order valence-corrected chi connectivity index (χ1v) is 11.6. The predicted molar refractivity (Wildman–Crippen MR) is 131 cm³/mol. The quantitative estimate of drug-likeness (QED) is 0.355. The van der Waals surface area contributed by atoms with E-state index in [1.54, 1.807) is 37.2 Å². The molecule has 2 N–H and O–H groups in total. The molecule has 0 radical (unpaired) electrons. The molecule has 10 nitrogen and oxygen atoms in total. The van der Waals surface area contributed by atoms with E-state index < -0.39 is 0 Å². The second-order valence-corrected chi connectivity index (χ2v) is 8.77. The molecule has 2 aromatic carbocycles. The molecule has 0 saturated carbocycles. The molecule has 2 aromatic heterocycles. The Balaban J connectivity index is 1.30. The molecule has 1 saturated heterocycles. The first kappa shape index (κ1) is 23.1. The van der Waals surface area contributed by atoms with Crippen molar-refractivity contribution in [3.05, 3.63) is 41.6 Å². The van der Waals surface area contributed by atoms with Crippen LogP contribution in [0.15, 0.2) is 36.5 Å². The molecule has 5 rings (SSSR count). The van der Waals surface area contributed by atoms with Gasteiger partial charge in [-0.15, -0.1) is 5.10 Å². The van der Waals surface area contributed by atoms with E-state index in [4.69, 9.17) is 25.8 Å². The molecule has 1 aliphatic heterocycles. The van der Waals surface area contributed by atoms with Crippen molar-refractivity contribution in [3.8, 4) is 22.9 Å². The summed E-state index contributed by atoms with van der Waals surface area (Å²) in [6.45, 7) is 1.35. The topological polar surface area (TPSA) is 116 Å². The Morgan fingerprint density at radius 1 is 1.31 bits per heavy atom. The fourth-order valence-corrected chi connectivity index (χ4v) is 4.29. The average molecular weight is 497 g/mol. The van der Waals surface area contributed by atoms with Crippen molar-refractivity contribution < 1.29 is 19.0 Å². The van der Waals surface area contributed by atoms with Crippen LogP contribution in [0.5, 0.6) is 11.5 Å². The van der Waals surface area contributed by atoms with Crippen molar-refractivity contribution in [2.45, 2.75) is 12.8 Å². The van der Waals surface area contributed by atoms with Crippen LogP contribution in [-0.2, 0) is 16.6 Å². The molecule has 1 unspecified atom stereocenters. The number of ether oxygens (including phenoxy) is 3. The van der Waals surface area contributed by atoms with Gasteiger partial charge in [0.25, 0.3) is 0 Å². The van der Waals surface area contributed by atoms with Gasteiger partial charge in [0.2, 0.25) is 5.95 Å². The maximum absolute atomic E-state index is 12.3. The highest BCUT2D eigenvalue weighted by molar-refractivity contribution is 6.38. The van der Waals surface area contributed by atoms with Gasteiger partial charge in [0.15, 0.2) is 23.1 Å². The fraction of sp³-hybridized carbons (Fsp3) is 0.333. The van der Waals surface area contributed by atoms with E-state index in [0.29, 0.717) is 47.0 Å². The number of hydrogen-bond donors (Lipinski definition) is 2. The van der Waals surface area contributed by atoms with Crippen LogP contribution in [0.1, 0.15) is 12.8 Å². The van der Waals surface area contributed by atoms with Crippen LogP contribution in [0.2, 0.25) is 5.02 Å². The second-order valence-electron chi connectivity index (χ2n) is 8.39. The van der Waals surface area contributed by atoms with E-state index in [0.717, 1.165) is 29.5 Å². The van der Waals surface area contributed by atoms with Crippen molar-refractivity contribution in [2.24, 2.45) is 13.0 Å². The molecule has 4 aromatic rings. The van der Waals surface area contributed by atoms with Gasteiger partial charge in [-0.05, 0) is 42.7 Å². The minimum absolute atomic E-state index is 0.0100. The van der Waals surface area contributed by atoms with Gasteiger partial charge in [0.1, 0.15) is 6.61 Å². The lowest BCUT2D eigenvalue weighted by atomic mass is 10.0. The maximum atomic E-state index is 12.3. The number of methoxy groups -OCH3 is 1. The summed E-state index contributed by atoms with van der Waals surface area (Å²) in [5.41, 5.74) is 2.28. The van der Waals surface area contributed by atoms with E-state index in [9.17, 15) is 4.79 Å². The van der Waals surface area contributed by atoms with Crippen molar-refractivity contribution >= 4 is 39.9 Å². The number of hydrogen-bond acceptors (Lipinski definition) is 8. The number of aromatic amines is 1. The Morgan fingerprint density at radius 3 is 3.00 bits per heavy atom. The summed E-state index contributed by atoms with van der Waals surface area (Å²) < 4.78 is 18.2. The Bertz CT molecular complexity index is 1360.